The molecule has 0 bridgehead atoms. The van der Waals surface area contributed by atoms with E-state index in [1.807, 2.05) is 57.2 Å². The second-order valence-corrected chi connectivity index (χ2v) is 7.72. The molecule has 1 saturated heterocycles. The SMILES string of the molecule is CC(C)N1[C@@H](C)[C@@H](c2ccccc2)OC(=O)N1C(=O)[C@@H](C)[C@H](O)c1ccccc1. The molecule has 1 heterocycles. The molecule has 154 valence electrons. The number of amides is 2. The molecule has 6 heteroatoms. The maximum Gasteiger partial charge on any atom is 0.432 e. The maximum atomic E-state index is 13.3. The van der Waals surface area contributed by atoms with Crippen LogP contribution in [0.5, 0.6) is 0 Å². The summed E-state index contributed by atoms with van der Waals surface area (Å²) in [5.74, 6) is -1.30. The quantitative estimate of drug-likeness (QED) is 0.824. The van der Waals surface area contributed by atoms with Crippen LogP contribution in [0.25, 0.3) is 0 Å². The van der Waals surface area contributed by atoms with E-state index in [9.17, 15) is 14.7 Å². The molecule has 4 atom stereocenters. The fourth-order valence-electron chi connectivity index (χ4n) is 3.83. The fraction of sp³-hybridized carbons (Fsp3) is 0.391. The van der Waals surface area contributed by atoms with Gasteiger partial charge < -0.3 is 9.84 Å². The van der Waals surface area contributed by atoms with Crippen LogP contribution in [0, 0.1) is 5.92 Å². The lowest BCUT2D eigenvalue weighted by Gasteiger charge is -2.47. The average molecular weight is 396 g/mol. The van der Waals surface area contributed by atoms with Gasteiger partial charge in [-0.1, -0.05) is 67.6 Å². The van der Waals surface area contributed by atoms with Crippen LogP contribution in [0.4, 0.5) is 4.79 Å². The minimum Gasteiger partial charge on any atom is -0.438 e. The molecule has 0 aliphatic carbocycles. The van der Waals surface area contributed by atoms with Crippen LogP contribution < -0.4 is 0 Å². The van der Waals surface area contributed by atoms with Crippen LogP contribution >= 0.6 is 0 Å². The normalized spacial score (nSPS) is 22.3. The standard InChI is InChI=1S/C23H28N2O4/c1-15(2)24-17(4)21(19-13-9-6-10-14-19)29-23(28)25(24)22(27)16(3)20(26)18-11-7-5-8-12-18/h5-17,20-21,26H,1-4H3/t16-,17-,20-,21-/m0/s1. The number of aliphatic hydroxyl groups excluding tert-OH is 1. The number of ether oxygens (including phenoxy) is 1. The summed E-state index contributed by atoms with van der Waals surface area (Å²) in [7, 11) is 0. The van der Waals surface area contributed by atoms with Crippen molar-refractivity contribution in [2.75, 3.05) is 0 Å². The Morgan fingerprint density at radius 1 is 1.00 bits per heavy atom. The van der Waals surface area contributed by atoms with E-state index in [4.69, 9.17) is 4.74 Å². The fourth-order valence-corrected chi connectivity index (χ4v) is 3.83. The van der Waals surface area contributed by atoms with E-state index in [2.05, 4.69) is 0 Å². The van der Waals surface area contributed by atoms with E-state index in [1.54, 1.807) is 36.2 Å². The summed E-state index contributed by atoms with van der Waals surface area (Å²) in [4.78, 5) is 26.2. The van der Waals surface area contributed by atoms with Gasteiger partial charge in [-0.05, 0) is 31.9 Å². The van der Waals surface area contributed by atoms with Crippen LogP contribution in [0.15, 0.2) is 60.7 Å². The van der Waals surface area contributed by atoms with Gasteiger partial charge in [0, 0.05) is 6.04 Å². The number of hydrazine groups is 1. The number of cyclic esters (lactones) is 1. The molecular weight excluding hydrogens is 368 g/mol. The third-order valence-corrected chi connectivity index (χ3v) is 5.36. The van der Waals surface area contributed by atoms with Gasteiger partial charge in [0.15, 0.2) is 0 Å². The van der Waals surface area contributed by atoms with Gasteiger partial charge in [-0.2, -0.15) is 10.0 Å². The number of nitrogens with zero attached hydrogens (tertiary/aromatic N) is 2. The molecule has 2 aromatic carbocycles. The molecule has 3 rings (SSSR count). The summed E-state index contributed by atoms with van der Waals surface area (Å²) in [6.45, 7) is 7.41. The lowest BCUT2D eigenvalue weighted by atomic mass is 9.96. The molecule has 2 aromatic rings. The maximum absolute atomic E-state index is 13.3. The number of carbonyl (C=O) groups excluding carboxylic acids is 2. The van der Waals surface area contributed by atoms with Gasteiger partial charge in [0.1, 0.15) is 6.10 Å². The first kappa shape index (κ1) is 21.0. The number of benzene rings is 2. The Kier molecular flexibility index (Phi) is 6.35. The smallest absolute Gasteiger partial charge is 0.432 e. The monoisotopic (exact) mass is 396 g/mol. The number of imide groups is 1. The topological polar surface area (TPSA) is 70.1 Å². The predicted octanol–water partition coefficient (Wildman–Crippen LogP) is 4.09. The van der Waals surface area contributed by atoms with E-state index >= 15 is 0 Å². The molecular formula is C23H28N2O4. The van der Waals surface area contributed by atoms with Gasteiger partial charge in [-0.15, -0.1) is 0 Å². The Hall–Kier alpha value is -2.70. The van der Waals surface area contributed by atoms with Crippen molar-refractivity contribution in [3.63, 3.8) is 0 Å². The van der Waals surface area contributed by atoms with E-state index in [-0.39, 0.29) is 12.1 Å². The number of hydrogen-bond donors (Lipinski definition) is 1. The second-order valence-electron chi connectivity index (χ2n) is 7.72. The minimum atomic E-state index is -1.02. The number of hydrogen-bond acceptors (Lipinski definition) is 5. The van der Waals surface area contributed by atoms with E-state index < -0.39 is 30.1 Å². The average Bonchev–Trinajstić information content (AvgIpc) is 2.74. The Morgan fingerprint density at radius 3 is 2.10 bits per heavy atom. The van der Waals surface area contributed by atoms with Gasteiger partial charge in [-0.25, -0.2) is 4.79 Å². The lowest BCUT2D eigenvalue weighted by Crippen LogP contribution is -2.63. The summed E-state index contributed by atoms with van der Waals surface area (Å²) < 4.78 is 5.68. The zero-order valence-electron chi connectivity index (χ0n) is 17.2. The Balaban J connectivity index is 1.88. The first-order valence-electron chi connectivity index (χ1n) is 9.93. The zero-order chi connectivity index (χ0) is 21.1. The highest BCUT2D eigenvalue weighted by molar-refractivity contribution is 5.93. The van der Waals surface area contributed by atoms with Crippen molar-refractivity contribution < 1.29 is 19.4 Å². The van der Waals surface area contributed by atoms with Crippen molar-refractivity contribution in [1.29, 1.82) is 0 Å². The van der Waals surface area contributed by atoms with Crippen LogP contribution in [0.1, 0.15) is 51.0 Å². The van der Waals surface area contributed by atoms with Crippen molar-refractivity contribution in [2.24, 2.45) is 5.92 Å². The van der Waals surface area contributed by atoms with Crippen molar-refractivity contribution >= 4 is 12.0 Å². The second kappa shape index (κ2) is 8.76. The van der Waals surface area contributed by atoms with E-state index in [1.165, 1.54) is 0 Å². The summed E-state index contributed by atoms with van der Waals surface area (Å²) in [5.41, 5.74) is 1.51. The molecule has 2 amide bonds. The molecule has 0 spiro atoms. The number of carbonyl (C=O) groups is 2. The minimum absolute atomic E-state index is 0.117. The zero-order valence-corrected chi connectivity index (χ0v) is 17.2. The van der Waals surface area contributed by atoms with Gasteiger partial charge >= 0.3 is 6.09 Å². The largest absolute Gasteiger partial charge is 0.438 e. The Morgan fingerprint density at radius 2 is 1.55 bits per heavy atom. The Bertz CT molecular complexity index is 840. The van der Waals surface area contributed by atoms with Crippen molar-refractivity contribution in [3.05, 3.63) is 71.8 Å². The highest BCUT2D eigenvalue weighted by Gasteiger charge is 2.46. The Labute approximate surface area is 171 Å². The molecule has 0 saturated carbocycles. The van der Waals surface area contributed by atoms with Crippen molar-refractivity contribution in [2.45, 2.75) is 52.0 Å². The van der Waals surface area contributed by atoms with Crippen LogP contribution in [0.2, 0.25) is 0 Å². The number of rotatable bonds is 5. The van der Waals surface area contributed by atoms with Crippen LogP contribution in [-0.2, 0) is 9.53 Å². The first-order chi connectivity index (χ1) is 13.8. The molecule has 1 aliphatic heterocycles. The van der Waals surface area contributed by atoms with Crippen LogP contribution in [-0.4, -0.2) is 39.2 Å². The molecule has 0 radical (unpaired) electrons. The molecule has 1 N–H and O–H groups in total. The van der Waals surface area contributed by atoms with Gasteiger partial charge in [-0.3, -0.25) is 4.79 Å². The third-order valence-electron chi connectivity index (χ3n) is 5.36. The first-order valence-corrected chi connectivity index (χ1v) is 9.93. The summed E-state index contributed by atoms with van der Waals surface area (Å²) >= 11 is 0. The van der Waals surface area contributed by atoms with Gasteiger partial charge in [0.2, 0.25) is 0 Å². The lowest BCUT2D eigenvalue weighted by molar-refractivity contribution is -0.181. The summed E-state index contributed by atoms with van der Waals surface area (Å²) in [6, 6.07) is 18.1. The molecule has 6 nitrogen and oxygen atoms in total. The van der Waals surface area contributed by atoms with Crippen LogP contribution in [0.3, 0.4) is 0 Å². The van der Waals surface area contributed by atoms with E-state index in [0.717, 1.165) is 10.6 Å². The third kappa shape index (κ3) is 4.18. The molecule has 0 aromatic heterocycles. The predicted molar refractivity (Wildman–Crippen MR) is 110 cm³/mol. The van der Waals surface area contributed by atoms with Crippen molar-refractivity contribution in [1.82, 2.24) is 10.0 Å². The molecule has 29 heavy (non-hydrogen) atoms. The molecule has 0 unspecified atom stereocenters. The van der Waals surface area contributed by atoms with Gasteiger partial charge in [0.25, 0.3) is 5.91 Å². The van der Waals surface area contributed by atoms with Gasteiger partial charge in [0.05, 0.1) is 18.1 Å². The molecule has 1 fully saturated rings. The highest BCUT2D eigenvalue weighted by atomic mass is 16.6. The summed E-state index contributed by atoms with van der Waals surface area (Å²) in [5, 5.41) is 13.5. The summed E-state index contributed by atoms with van der Waals surface area (Å²) in [6.07, 6.45) is -2.22. The van der Waals surface area contributed by atoms with E-state index in [0.29, 0.717) is 5.56 Å². The molecule has 1 aliphatic rings. The van der Waals surface area contributed by atoms with Crippen molar-refractivity contribution in [3.8, 4) is 0 Å². The highest BCUT2D eigenvalue weighted by Crippen LogP contribution is 2.35. The number of aliphatic hydroxyl groups is 1.